The lowest BCUT2D eigenvalue weighted by molar-refractivity contribution is 0.173. The van der Waals surface area contributed by atoms with Gasteiger partial charge in [0.2, 0.25) is 0 Å². The lowest BCUT2D eigenvalue weighted by Crippen LogP contribution is -2.46. The zero-order valence-corrected chi connectivity index (χ0v) is 11.6. The third-order valence-electron chi connectivity index (χ3n) is 3.58. The Kier molecular flexibility index (Phi) is 6.78. The molecule has 0 radical (unpaired) electrons. The van der Waals surface area contributed by atoms with E-state index in [1.165, 1.54) is 37.2 Å². The Labute approximate surface area is 105 Å². The van der Waals surface area contributed by atoms with Crippen molar-refractivity contribution in [2.45, 2.75) is 51.5 Å². The molecule has 16 heavy (non-hydrogen) atoms. The van der Waals surface area contributed by atoms with Gasteiger partial charge in [0.1, 0.15) is 0 Å². The van der Waals surface area contributed by atoms with Gasteiger partial charge in [0.15, 0.2) is 0 Å². The topological polar surface area (TPSA) is 32.3 Å². The standard InChI is InChI=1S/C13H27NOS/c1-3-14-13(2,11-15)8-9-16-10-12-6-4-5-7-12/h12,14-15H,3-11H2,1-2H3. The van der Waals surface area contributed by atoms with Crippen LogP contribution in [0.5, 0.6) is 0 Å². The highest BCUT2D eigenvalue weighted by Gasteiger charge is 2.21. The van der Waals surface area contributed by atoms with E-state index in [2.05, 4.69) is 30.9 Å². The molecule has 0 spiro atoms. The maximum Gasteiger partial charge on any atom is 0.0610 e. The van der Waals surface area contributed by atoms with Crippen LogP contribution in [0, 0.1) is 5.92 Å². The molecule has 0 aromatic rings. The molecular formula is C13H27NOS. The molecule has 0 heterocycles. The number of aliphatic hydroxyl groups excluding tert-OH is 1. The Balaban J connectivity index is 2.08. The maximum absolute atomic E-state index is 9.36. The Morgan fingerprint density at radius 3 is 2.62 bits per heavy atom. The van der Waals surface area contributed by atoms with Crippen molar-refractivity contribution in [3.63, 3.8) is 0 Å². The highest BCUT2D eigenvalue weighted by molar-refractivity contribution is 7.99. The molecular weight excluding hydrogens is 218 g/mol. The van der Waals surface area contributed by atoms with Crippen LogP contribution in [0.15, 0.2) is 0 Å². The molecule has 1 aliphatic carbocycles. The van der Waals surface area contributed by atoms with E-state index in [0.29, 0.717) is 0 Å². The van der Waals surface area contributed by atoms with E-state index in [1.54, 1.807) is 0 Å². The molecule has 0 aliphatic heterocycles. The molecule has 3 heteroatoms. The average Bonchev–Trinajstić information content (AvgIpc) is 2.78. The van der Waals surface area contributed by atoms with E-state index < -0.39 is 0 Å². The molecule has 2 nitrogen and oxygen atoms in total. The zero-order valence-electron chi connectivity index (χ0n) is 10.8. The lowest BCUT2D eigenvalue weighted by atomic mass is 10.0. The minimum absolute atomic E-state index is 0.0720. The molecule has 1 aliphatic rings. The van der Waals surface area contributed by atoms with Crippen LogP contribution in [0.4, 0.5) is 0 Å². The average molecular weight is 245 g/mol. The second-order valence-electron chi connectivity index (χ2n) is 5.22. The van der Waals surface area contributed by atoms with Crippen molar-refractivity contribution in [2.75, 3.05) is 24.7 Å². The van der Waals surface area contributed by atoms with Crippen LogP contribution in [0.25, 0.3) is 0 Å². The first-order valence-electron chi connectivity index (χ1n) is 6.64. The van der Waals surface area contributed by atoms with Gasteiger partial charge in [0, 0.05) is 5.54 Å². The van der Waals surface area contributed by atoms with Crippen LogP contribution in [0.2, 0.25) is 0 Å². The summed E-state index contributed by atoms with van der Waals surface area (Å²) in [4.78, 5) is 0. The fraction of sp³-hybridized carbons (Fsp3) is 1.00. The Morgan fingerprint density at radius 1 is 1.38 bits per heavy atom. The van der Waals surface area contributed by atoms with Crippen molar-refractivity contribution < 1.29 is 5.11 Å². The SMILES string of the molecule is CCNC(C)(CO)CCSCC1CCCC1. The summed E-state index contributed by atoms with van der Waals surface area (Å²) in [5, 5.41) is 12.7. The Bertz CT molecular complexity index is 183. The highest BCUT2D eigenvalue weighted by Crippen LogP contribution is 2.28. The van der Waals surface area contributed by atoms with E-state index in [-0.39, 0.29) is 12.1 Å². The second-order valence-corrected chi connectivity index (χ2v) is 6.37. The van der Waals surface area contributed by atoms with Gasteiger partial charge in [-0.15, -0.1) is 0 Å². The van der Waals surface area contributed by atoms with E-state index >= 15 is 0 Å². The van der Waals surface area contributed by atoms with Crippen LogP contribution in [-0.4, -0.2) is 35.3 Å². The maximum atomic E-state index is 9.36. The summed E-state index contributed by atoms with van der Waals surface area (Å²) in [5.74, 6) is 3.47. The first-order chi connectivity index (χ1) is 7.70. The summed E-state index contributed by atoms with van der Waals surface area (Å²) in [6.45, 7) is 5.39. The van der Waals surface area contributed by atoms with Crippen LogP contribution in [0.1, 0.15) is 46.0 Å². The molecule has 0 aromatic carbocycles. The fourth-order valence-corrected chi connectivity index (χ4v) is 3.80. The smallest absolute Gasteiger partial charge is 0.0610 e. The van der Waals surface area contributed by atoms with E-state index in [0.717, 1.165) is 18.9 Å². The number of nitrogens with one attached hydrogen (secondary N) is 1. The Morgan fingerprint density at radius 2 is 2.06 bits per heavy atom. The number of likely N-dealkylation sites (N-methyl/N-ethyl adjacent to an activating group) is 1. The normalized spacial score (nSPS) is 21.2. The fourth-order valence-electron chi connectivity index (χ4n) is 2.37. The summed E-state index contributed by atoms with van der Waals surface area (Å²) in [7, 11) is 0. The number of hydrogen-bond donors (Lipinski definition) is 2. The van der Waals surface area contributed by atoms with Gasteiger partial charge in [-0.2, -0.15) is 11.8 Å². The predicted octanol–water partition coefficient (Wildman–Crippen LogP) is 2.66. The first-order valence-corrected chi connectivity index (χ1v) is 7.79. The van der Waals surface area contributed by atoms with Crippen LogP contribution in [-0.2, 0) is 0 Å². The molecule has 0 amide bonds. The van der Waals surface area contributed by atoms with E-state index in [9.17, 15) is 5.11 Å². The molecule has 1 saturated carbocycles. The van der Waals surface area contributed by atoms with Crippen molar-refractivity contribution in [3.05, 3.63) is 0 Å². The molecule has 0 aromatic heterocycles. The van der Waals surface area contributed by atoms with Gasteiger partial charge in [-0.25, -0.2) is 0 Å². The van der Waals surface area contributed by atoms with Gasteiger partial charge in [0.25, 0.3) is 0 Å². The second kappa shape index (κ2) is 7.57. The van der Waals surface area contributed by atoms with Crippen LogP contribution in [0.3, 0.4) is 0 Å². The number of hydrogen-bond acceptors (Lipinski definition) is 3. The van der Waals surface area contributed by atoms with E-state index in [4.69, 9.17) is 0 Å². The minimum Gasteiger partial charge on any atom is -0.394 e. The molecule has 1 atom stereocenters. The Hall–Kier alpha value is 0.270. The molecule has 96 valence electrons. The van der Waals surface area contributed by atoms with Crippen LogP contribution < -0.4 is 5.32 Å². The third kappa shape index (κ3) is 5.07. The van der Waals surface area contributed by atoms with Gasteiger partial charge < -0.3 is 10.4 Å². The third-order valence-corrected chi connectivity index (χ3v) is 4.78. The minimum atomic E-state index is -0.0720. The molecule has 0 saturated heterocycles. The first kappa shape index (κ1) is 14.3. The van der Waals surface area contributed by atoms with Crippen molar-refractivity contribution in [1.82, 2.24) is 5.32 Å². The molecule has 2 N–H and O–H groups in total. The summed E-state index contributed by atoms with van der Waals surface area (Å²) in [6, 6.07) is 0. The highest BCUT2D eigenvalue weighted by atomic mass is 32.2. The van der Waals surface area contributed by atoms with Gasteiger partial charge in [0.05, 0.1) is 6.61 Å². The van der Waals surface area contributed by atoms with Gasteiger partial charge >= 0.3 is 0 Å². The van der Waals surface area contributed by atoms with Crippen molar-refractivity contribution in [1.29, 1.82) is 0 Å². The monoisotopic (exact) mass is 245 g/mol. The quantitative estimate of drug-likeness (QED) is 0.645. The molecule has 0 bridgehead atoms. The summed E-state index contributed by atoms with van der Waals surface area (Å²) < 4.78 is 0. The molecule has 1 rings (SSSR count). The van der Waals surface area contributed by atoms with Crippen LogP contribution >= 0.6 is 11.8 Å². The van der Waals surface area contributed by atoms with Crippen molar-refractivity contribution >= 4 is 11.8 Å². The lowest BCUT2D eigenvalue weighted by Gasteiger charge is -2.28. The predicted molar refractivity (Wildman–Crippen MR) is 73.1 cm³/mol. The molecule has 1 fully saturated rings. The number of aliphatic hydroxyl groups is 1. The summed E-state index contributed by atoms with van der Waals surface area (Å²) in [6.07, 6.45) is 6.83. The van der Waals surface area contributed by atoms with E-state index in [1.807, 2.05) is 0 Å². The van der Waals surface area contributed by atoms with Crippen molar-refractivity contribution in [2.24, 2.45) is 5.92 Å². The van der Waals surface area contributed by atoms with Gasteiger partial charge in [-0.05, 0) is 50.2 Å². The summed E-state index contributed by atoms with van der Waals surface area (Å²) in [5.41, 5.74) is -0.0720. The van der Waals surface area contributed by atoms with Gasteiger partial charge in [-0.1, -0.05) is 19.8 Å². The zero-order chi connectivity index (χ0) is 11.9. The molecule has 1 unspecified atom stereocenters. The number of rotatable bonds is 8. The van der Waals surface area contributed by atoms with Gasteiger partial charge in [-0.3, -0.25) is 0 Å². The summed E-state index contributed by atoms with van der Waals surface area (Å²) >= 11 is 2.07. The number of thioether (sulfide) groups is 1. The largest absolute Gasteiger partial charge is 0.394 e. The van der Waals surface area contributed by atoms with Crippen molar-refractivity contribution in [3.8, 4) is 0 Å².